The summed E-state index contributed by atoms with van der Waals surface area (Å²) in [7, 11) is 2.13. The smallest absolute Gasteiger partial charge is 0.317 e. The Morgan fingerprint density at radius 3 is 2.42 bits per heavy atom. The number of piperidine rings is 1. The number of rotatable bonds is 10. The summed E-state index contributed by atoms with van der Waals surface area (Å²) < 4.78 is 19.0. The third kappa shape index (κ3) is 8.33. The van der Waals surface area contributed by atoms with E-state index in [0.717, 1.165) is 42.8 Å². The number of hydrogen-bond donors (Lipinski definition) is 2. The van der Waals surface area contributed by atoms with E-state index in [0.29, 0.717) is 32.2 Å². The minimum absolute atomic E-state index is 0.0839. The van der Waals surface area contributed by atoms with Crippen LogP contribution in [0.3, 0.4) is 0 Å². The van der Waals surface area contributed by atoms with Gasteiger partial charge >= 0.3 is 6.03 Å². The first-order valence-corrected chi connectivity index (χ1v) is 11.7. The summed E-state index contributed by atoms with van der Waals surface area (Å²) >= 11 is 0. The van der Waals surface area contributed by atoms with Gasteiger partial charge in [-0.2, -0.15) is 0 Å². The Kier molecular flexibility index (Phi) is 9.51. The van der Waals surface area contributed by atoms with Crippen LogP contribution in [0.15, 0.2) is 48.5 Å². The van der Waals surface area contributed by atoms with E-state index >= 15 is 0 Å². The SMILES string of the molecule is CC(CO)COc1ccc(CNC(=O)N(Cc2ccc(F)cc2)CC2CCN(C)CC2)cc1. The van der Waals surface area contributed by atoms with Gasteiger partial charge in [-0.3, -0.25) is 0 Å². The molecule has 1 unspecified atom stereocenters. The standard InChI is InChI=1S/C26H36FN3O3/c1-20(18-31)19-33-25-9-5-21(6-10-25)15-28-26(32)30(16-22-3-7-24(27)8-4-22)17-23-11-13-29(2)14-12-23/h3-10,20,23,31H,11-19H2,1-2H3,(H,28,32). The lowest BCUT2D eigenvalue weighted by Gasteiger charge is -2.33. The summed E-state index contributed by atoms with van der Waals surface area (Å²) in [5.74, 6) is 1.01. The van der Waals surface area contributed by atoms with Crippen molar-refractivity contribution in [3.05, 3.63) is 65.5 Å². The molecule has 0 radical (unpaired) electrons. The molecule has 1 heterocycles. The maximum atomic E-state index is 13.3. The number of benzene rings is 2. The van der Waals surface area contributed by atoms with Crippen molar-refractivity contribution >= 4 is 6.03 Å². The zero-order valence-electron chi connectivity index (χ0n) is 19.7. The van der Waals surface area contributed by atoms with Crippen LogP contribution < -0.4 is 10.1 Å². The summed E-state index contributed by atoms with van der Waals surface area (Å²) in [4.78, 5) is 17.2. The Morgan fingerprint density at radius 2 is 1.79 bits per heavy atom. The molecule has 1 fully saturated rings. The fourth-order valence-electron chi connectivity index (χ4n) is 3.87. The Balaban J connectivity index is 1.57. The molecule has 3 rings (SSSR count). The minimum Gasteiger partial charge on any atom is -0.493 e. The molecule has 2 amide bonds. The van der Waals surface area contributed by atoms with E-state index in [1.807, 2.05) is 36.1 Å². The van der Waals surface area contributed by atoms with Gasteiger partial charge in [0.05, 0.1) is 6.61 Å². The van der Waals surface area contributed by atoms with Gasteiger partial charge in [-0.05, 0) is 74.3 Å². The zero-order valence-corrected chi connectivity index (χ0v) is 19.7. The lowest BCUT2D eigenvalue weighted by molar-refractivity contribution is 0.155. The van der Waals surface area contributed by atoms with Gasteiger partial charge in [0.15, 0.2) is 0 Å². The molecule has 0 saturated carbocycles. The number of likely N-dealkylation sites (tertiary alicyclic amines) is 1. The minimum atomic E-state index is -0.275. The third-order valence-corrected chi connectivity index (χ3v) is 6.10. The number of carbonyl (C=O) groups excluding carboxylic acids is 1. The Labute approximate surface area is 196 Å². The molecule has 2 aromatic rings. The molecule has 7 heteroatoms. The van der Waals surface area contributed by atoms with Gasteiger partial charge < -0.3 is 25.0 Å². The van der Waals surface area contributed by atoms with Gasteiger partial charge in [0.1, 0.15) is 11.6 Å². The van der Waals surface area contributed by atoms with Crippen LogP contribution in [0.2, 0.25) is 0 Å². The molecule has 0 aromatic heterocycles. The molecule has 180 valence electrons. The predicted molar refractivity (Wildman–Crippen MR) is 127 cm³/mol. The van der Waals surface area contributed by atoms with Crippen molar-refractivity contribution < 1.29 is 19.0 Å². The highest BCUT2D eigenvalue weighted by Gasteiger charge is 2.22. The molecule has 2 N–H and O–H groups in total. The average molecular weight is 458 g/mol. The Hall–Kier alpha value is -2.64. The quantitative estimate of drug-likeness (QED) is 0.568. The summed E-state index contributed by atoms with van der Waals surface area (Å²) in [6.45, 7) is 6.12. The first kappa shape index (κ1) is 25.0. The normalized spacial score (nSPS) is 15.8. The van der Waals surface area contributed by atoms with E-state index in [1.165, 1.54) is 12.1 Å². The van der Waals surface area contributed by atoms with E-state index in [2.05, 4.69) is 17.3 Å². The summed E-state index contributed by atoms with van der Waals surface area (Å²) in [5, 5.41) is 12.1. The highest BCUT2D eigenvalue weighted by Crippen LogP contribution is 2.19. The molecule has 2 aromatic carbocycles. The Bertz CT molecular complexity index is 852. The van der Waals surface area contributed by atoms with Crippen molar-refractivity contribution in [3.8, 4) is 5.75 Å². The maximum Gasteiger partial charge on any atom is 0.317 e. The monoisotopic (exact) mass is 457 g/mol. The van der Waals surface area contributed by atoms with Crippen molar-refractivity contribution in [1.29, 1.82) is 0 Å². The number of urea groups is 1. The van der Waals surface area contributed by atoms with E-state index in [1.54, 1.807) is 12.1 Å². The number of nitrogens with zero attached hydrogens (tertiary/aromatic N) is 2. The van der Waals surface area contributed by atoms with Crippen LogP contribution in [0.5, 0.6) is 5.75 Å². The second kappa shape index (κ2) is 12.6. The topological polar surface area (TPSA) is 65.0 Å². The number of hydrogen-bond acceptors (Lipinski definition) is 4. The molecule has 0 bridgehead atoms. The molecule has 1 aliphatic heterocycles. The lowest BCUT2D eigenvalue weighted by atomic mass is 9.96. The predicted octanol–water partition coefficient (Wildman–Crippen LogP) is 3.89. The van der Waals surface area contributed by atoms with Crippen LogP contribution in [0, 0.1) is 17.7 Å². The van der Waals surface area contributed by atoms with E-state index in [9.17, 15) is 9.18 Å². The van der Waals surface area contributed by atoms with Gasteiger partial charge in [0, 0.05) is 32.2 Å². The molecule has 1 atom stereocenters. The summed E-state index contributed by atoms with van der Waals surface area (Å²) in [6, 6.07) is 13.8. The van der Waals surface area contributed by atoms with E-state index < -0.39 is 0 Å². The Morgan fingerprint density at radius 1 is 1.15 bits per heavy atom. The molecule has 6 nitrogen and oxygen atoms in total. The molecular weight excluding hydrogens is 421 g/mol. The second-order valence-corrected chi connectivity index (χ2v) is 9.16. The van der Waals surface area contributed by atoms with Gasteiger partial charge in [-0.1, -0.05) is 31.2 Å². The molecule has 0 spiro atoms. The second-order valence-electron chi connectivity index (χ2n) is 9.16. The third-order valence-electron chi connectivity index (χ3n) is 6.10. The van der Waals surface area contributed by atoms with Crippen LogP contribution in [-0.4, -0.2) is 60.8 Å². The van der Waals surface area contributed by atoms with Crippen molar-refractivity contribution in [2.75, 3.05) is 39.9 Å². The van der Waals surface area contributed by atoms with Crippen molar-refractivity contribution in [2.45, 2.75) is 32.9 Å². The van der Waals surface area contributed by atoms with Crippen LogP contribution >= 0.6 is 0 Å². The maximum absolute atomic E-state index is 13.3. The number of aliphatic hydroxyl groups excluding tert-OH is 1. The first-order chi connectivity index (χ1) is 15.9. The fraction of sp³-hybridized carbons (Fsp3) is 0.500. The number of halogens is 1. The van der Waals surface area contributed by atoms with Crippen molar-refractivity contribution in [1.82, 2.24) is 15.1 Å². The highest BCUT2D eigenvalue weighted by atomic mass is 19.1. The number of nitrogens with one attached hydrogen (secondary N) is 1. The molecule has 1 saturated heterocycles. The number of amides is 2. The van der Waals surface area contributed by atoms with E-state index in [-0.39, 0.29) is 24.4 Å². The van der Waals surface area contributed by atoms with E-state index in [4.69, 9.17) is 9.84 Å². The van der Waals surface area contributed by atoms with Gasteiger partial charge in [-0.15, -0.1) is 0 Å². The number of carbonyl (C=O) groups is 1. The molecule has 1 aliphatic rings. The first-order valence-electron chi connectivity index (χ1n) is 11.7. The fourth-order valence-corrected chi connectivity index (χ4v) is 3.87. The molecular formula is C26H36FN3O3. The summed E-state index contributed by atoms with van der Waals surface area (Å²) in [5.41, 5.74) is 1.89. The summed E-state index contributed by atoms with van der Waals surface area (Å²) in [6.07, 6.45) is 2.14. The number of ether oxygens (including phenoxy) is 1. The van der Waals surface area contributed by atoms with Gasteiger partial charge in [0.2, 0.25) is 0 Å². The lowest BCUT2D eigenvalue weighted by Crippen LogP contribution is -2.43. The van der Waals surface area contributed by atoms with Crippen LogP contribution in [0.1, 0.15) is 30.9 Å². The largest absolute Gasteiger partial charge is 0.493 e. The number of aliphatic hydroxyl groups is 1. The molecule has 33 heavy (non-hydrogen) atoms. The van der Waals surface area contributed by atoms with Crippen LogP contribution in [0.25, 0.3) is 0 Å². The van der Waals surface area contributed by atoms with Crippen molar-refractivity contribution in [3.63, 3.8) is 0 Å². The van der Waals surface area contributed by atoms with Crippen LogP contribution in [0.4, 0.5) is 9.18 Å². The highest BCUT2D eigenvalue weighted by molar-refractivity contribution is 5.74. The average Bonchev–Trinajstić information content (AvgIpc) is 2.83. The van der Waals surface area contributed by atoms with Crippen LogP contribution in [-0.2, 0) is 13.1 Å². The van der Waals surface area contributed by atoms with Gasteiger partial charge in [0.25, 0.3) is 0 Å². The van der Waals surface area contributed by atoms with Gasteiger partial charge in [-0.25, -0.2) is 9.18 Å². The van der Waals surface area contributed by atoms with Crippen molar-refractivity contribution in [2.24, 2.45) is 11.8 Å². The molecule has 0 aliphatic carbocycles. The zero-order chi connectivity index (χ0) is 23.6.